The van der Waals surface area contributed by atoms with E-state index in [1.807, 2.05) is 0 Å². The fraction of sp³-hybridized carbons (Fsp3) is 1.00. The zero-order valence-corrected chi connectivity index (χ0v) is 10.4. The molecule has 2 heteroatoms. The van der Waals surface area contributed by atoms with Gasteiger partial charge in [0.2, 0.25) is 0 Å². The Morgan fingerprint density at radius 1 is 0.929 bits per heavy atom. The summed E-state index contributed by atoms with van der Waals surface area (Å²) in [5, 5.41) is 0.627. The predicted octanol–water partition coefficient (Wildman–Crippen LogP) is 3.32. The molecule has 1 radical (unpaired) electrons. The van der Waals surface area contributed by atoms with Crippen LogP contribution in [0.5, 0.6) is 0 Å². The van der Waals surface area contributed by atoms with E-state index in [9.17, 15) is 0 Å². The second-order valence-electron chi connectivity index (χ2n) is 6.68. The second kappa shape index (κ2) is 2.79. The van der Waals surface area contributed by atoms with Crippen LogP contribution in [0.25, 0.3) is 0 Å². The van der Waals surface area contributed by atoms with Crippen LogP contribution in [0.15, 0.2) is 0 Å². The standard InChI is InChI=1S/C12H21BP/c1-14(2,13)12-6-9-3-10(7-12)5-11(4-9)8-12/h9-11H,3-8H2,1-2H3. The summed E-state index contributed by atoms with van der Waals surface area (Å²) >= 11 is 0. The maximum atomic E-state index is 6.55. The van der Waals surface area contributed by atoms with Gasteiger partial charge < -0.3 is 0 Å². The van der Waals surface area contributed by atoms with Crippen LogP contribution in [0, 0.1) is 17.8 Å². The first kappa shape index (κ1) is 9.70. The van der Waals surface area contributed by atoms with Gasteiger partial charge in [-0.15, -0.1) is 0 Å². The van der Waals surface area contributed by atoms with E-state index >= 15 is 0 Å². The Hall–Kier alpha value is 0.495. The van der Waals surface area contributed by atoms with Gasteiger partial charge in [-0.1, -0.05) is 0 Å². The molecule has 0 aliphatic heterocycles. The Balaban J connectivity index is 1.99. The van der Waals surface area contributed by atoms with Crippen LogP contribution in [0.3, 0.4) is 0 Å². The molecule has 4 fully saturated rings. The zero-order chi connectivity index (χ0) is 9.97. The summed E-state index contributed by atoms with van der Waals surface area (Å²) in [4.78, 5) is 0. The van der Waals surface area contributed by atoms with Crippen LogP contribution in [0.2, 0.25) is 0 Å². The summed E-state index contributed by atoms with van der Waals surface area (Å²) in [6.45, 7) is 3.64. The normalized spacial score (nSPS) is 51.1. The molecule has 0 nitrogen and oxygen atoms in total. The summed E-state index contributed by atoms with van der Waals surface area (Å²) < 4.78 is 0. The third-order valence-electron chi connectivity index (χ3n) is 5.23. The van der Waals surface area contributed by atoms with Crippen LogP contribution < -0.4 is 0 Å². The predicted molar refractivity (Wildman–Crippen MR) is 65.4 cm³/mol. The van der Waals surface area contributed by atoms with Crippen LogP contribution >= 0.6 is 6.75 Å². The summed E-state index contributed by atoms with van der Waals surface area (Å²) in [5.74, 6) is 3.18. The fourth-order valence-electron chi connectivity index (χ4n) is 4.77. The molecule has 4 aliphatic carbocycles. The van der Waals surface area contributed by atoms with Crippen molar-refractivity contribution in [3.63, 3.8) is 0 Å². The molecule has 4 rings (SSSR count). The third kappa shape index (κ3) is 1.24. The molecule has 0 unspecified atom stereocenters. The Bertz CT molecular complexity index is 266. The van der Waals surface area contributed by atoms with Gasteiger partial charge in [0.25, 0.3) is 0 Å². The van der Waals surface area contributed by atoms with Crippen LogP contribution in [-0.4, -0.2) is 25.7 Å². The Morgan fingerprint density at radius 2 is 1.29 bits per heavy atom. The van der Waals surface area contributed by atoms with Crippen molar-refractivity contribution in [3.8, 4) is 0 Å². The van der Waals surface area contributed by atoms with Gasteiger partial charge in [0.05, 0.1) is 0 Å². The van der Waals surface area contributed by atoms with Gasteiger partial charge in [-0.3, -0.25) is 0 Å². The fourth-order valence-corrected chi connectivity index (χ4v) is 6.96. The van der Waals surface area contributed by atoms with Crippen molar-refractivity contribution in [2.75, 3.05) is 13.3 Å². The van der Waals surface area contributed by atoms with E-state index in [1.165, 1.54) is 38.5 Å². The van der Waals surface area contributed by atoms with Gasteiger partial charge in [-0.2, -0.15) is 0 Å². The minimum atomic E-state index is -1.12. The molecule has 0 N–H and O–H groups in total. The molecule has 0 aromatic heterocycles. The average Bonchev–Trinajstić information content (AvgIpc) is 1.98. The van der Waals surface area contributed by atoms with Gasteiger partial charge in [-0.25, -0.2) is 0 Å². The molecule has 4 saturated carbocycles. The molecule has 0 aromatic rings. The molecule has 14 heavy (non-hydrogen) atoms. The number of rotatable bonds is 1. The molecule has 77 valence electrons. The van der Waals surface area contributed by atoms with Crippen molar-refractivity contribution in [3.05, 3.63) is 0 Å². The van der Waals surface area contributed by atoms with E-state index in [0.29, 0.717) is 5.16 Å². The molecule has 0 atom stereocenters. The quantitative estimate of drug-likeness (QED) is 0.457. The Morgan fingerprint density at radius 3 is 1.57 bits per heavy atom. The van der Waals surface area contributed by atoms with Crippen molar-refractivity contribution in [2.45, 2.75) is 43.7 Å². The monoisotopic (exact) mass is 207 g/mol. The van der Waals surface area contributed by atoms with Crippen LogP contribution in [0.1, 0.15) is 38.5 Å². The molecule has 0 amide bonds. The zero-order valence-electron chi connectivity index (χ0n) is 9.50. The summed E-state index contributed by atoms with van der Waals surface area (Å²) in [6.07, 6.45) is 9.07. The van der Waals surface area contributed by atoms with Crippen molar-refractivity contribution >= 4 is 13.9 Å². The van der Waals surface area contributed by atoms with Gasteiger partial charge in [0.1, 0.15) is 0 Å². The Kier molecular flexibility index (Phi) is 1.93. The first-order valence-corrected chi connectivity index (χ1v) is 8.86. The van der Waals surface area contributed by atoms with E-state index < -0.39 is 6.75 Å². The molecular formula is C12H21BP. The van der Waals surface area contributed by atoms with Crippen molar-refractivity contribution < 1.29 is 0 Å². The topological polar surface area (TPSA) is 0 Å². The molecule has 0 aromatic carbocycles. The van der Waals surface area contributed by atoms with Gasteiger partial charge >= 0.3 is 88.7 Å². The van der Waals surface area contributed by atoms with E-state index in [1.54, 1.807) is 0 Å². The number of hydrogen-bond donors (Lipinski definition) is 0. The molecule has 4 bridgehead atoms. The summed E-state index contributed by atoms with van der Waals surface area (Å²) in [7, 11) is 6.55. The maximum absolute atomic E-state index is 6.55. The molecule has 0 saturated heterocycles. The first-order chi connectivity index (χ1) is 6.48. The third-order valence-corrected chi connectivity index (χ3v) is 8.22. The summed E-state index contributed by atoms with van der Waals surface area (Å²) in [5.41, 5.74) is 0. The van der Waals surface area contributed by atoms with Gasteiger partial charge in [0.15, 0.2) is 0 Å². The van der Waals surface area contributed by atoms with E-state index in [4.69, 9.17) is 7.18 Å². The first-order valence-electron chi connectivity index (χ1n) is 6.11. The van der Waals surface area contributed by atoms with Crippen molar-refractivity contribution in [2.24, 2.45) is 17.8 Å². The van der Waals surface area contributed by atoms with E-state index in [0.717, 1.165) is 17.8 Å². The van der Waals surface area contributed by atoms with Crippen LogP contribution in [0.4, 0.5) is 0 Å². The van der Waals surface area contributed by atoms with E-state index in [-0.39, 0.29) is 0 Å². The molecule has 4 aliphatic rings. The van der Waals surface area contributed by atoms with Gasteiger partial charge in [0, 0.05) is 0 Å². The van der Waals surface area contributed by atoms with Crippen molar-refractivity contribution in [1.29, 1.82) is 0 Å². The second-order valence-corrected chi connectivity index (χ2v) is 10.7. The molecular weight excluding hydrogens is 186 g/mol. The van der Waals surface area contributed by atoms with Crippen molar-refractivity contribution in [1.82, 2.24) is 0 Å². The van der Waals surface area contributed by atoms with Gasteiger partial charge in [-0.05, 0) is 0 Å². The number of hydrogen-bond acceptors (Lipinski definition) is 0. The average molecular weight is 207 g/mol. The summed E-state index contributed by atoms with van der Waals surface area (Å²) in [6, 6.07) is 0. The Labute approximate surface area is 89.2 Å². The molecule has 0 heterocycles. The minimum absolute atomic E-state index is 0.627. The van der Waals surface area contributed by atoms with Crippen LogP contribution in [-0.2, 0) is 0 Å². The SMILES string of the molecule is [B]=P(C)(C)C12CC3CC(CC(C3)C1)C2. The molecule has 0 spiro atoms. The van der Waals surface area contributed by atoms with E-state index in [2.05, 4.69) is 13.3 Å².